The molecule has 33 heavy (non-hydrogen) atoms. The second kappa shape index (κ2) is 10.8. The predicted molar refractivity (Wildman–Crippen MR) is 125 cm³/mol. The third kappa shape index (κ3) is 6.18. The maximum Gasteiger partial charge on any atom is 0.245 e. The first-order valence-electron chi connectivity index (χ1n) is 10.8. The summed E-state index contributed by atoms with van der Waals surface area (Å²) in [6.45, 7) is 1.25. The summed E-state index contributed by atoms with van der Waals surface area (Å²) in [5.41, 5.74) is 10.1. The standard InChI is InChI=1S/C24H27N5O4/c25-20-13-17(3-6-22(20)33-19-8-11-32-12-9-19)21-7-10-26-24(29-21)28-18-4-1-16(2-5-18)14-27-23(31)15-30/h1-7,10,13,19,30H,8-9,11-12,14-15,25H2,(H,27,31)(H,26,28,29). The molecule has 0 atom stereocenters. The number of aromatic nitrogens is 2. The van der Waals surface area contributed by atoms with Crippen molar-refractivity contribution in [2.45, 2.75) is 25.5 Å². The van der Waals surface area contributed by atoms with E-state index in [2.05, 4.69) is 20.6 Å². The van der Waals surface area contributed by atoms with E-state index in [9.17, 15) is 4.79 Å². The largest absolute Gasteiger partial charge is 0.488 e. The van der Waals surface area contributed by atoms with Gasteiger partial charge in [0.05, 0.1) is 24.6 Å². The molecule has 1 fully saturated rings. The Morgan fingerprint density at radius 3 is 2.67 bits per heavy atom. The number of nitrogens with two attached hydrogens (primary N) is 1. The number of hydrogen-bond donors (Lipinski definition) is 4. The molecular weight excluding hydrogens is 422 g/mol. The molecule has 1 saturated heterocycles. The number of nitrogens with zero attached hydrogens (tertiary/aromatic N) is 2. The summed E-state index contributed by atoms with van der Waals surface area (Å²) in [6, 6.07) is 15.0. The van der Waals surface area contributed by atoms with E-state index in [1.54, 1.807) is 6.20 Å². The highest BCUT2D eigenvalue weighted by molar-refractivity contribution is 5.76. The number of carbonyl (C=O) groups is 1. The van der Waals surface area contributed by atoms with Crippen LogP contribution in [0, 0.1) is 0 Å². The van der Waals surface area contributed by atoms with Crippen LogP contribution in [-0.4, -0.2) is 46.9 Å². The van der Waals surface area contributed by atoms with E-state index < -0.39 is 12.5 Å². The molecule has 0 radical (unpaired) electrons. The van der Waals surface area contributed by atoms with Crippen LogP contribution in [0.5, 0.6) is 5.75 Å². The predicted octanol–water partition coefficient (Wildman–Crippen LogP) is 2.64. The Bertz CT molecular complexity index is 1080. The molecule has 9 nitrogen and oxygen atoms in total. The SMILES string of the molecule is Nc1cc(-c2ccnc(Nc3ccc(CNC(=O)CO)cc3)n2)ccc1OC1CCOCC1. The van der Waals surface area contributed by atoms with Crippen molar-refractivity contribution in [2.24, 2.45) is 0 Å². The summed E-state index contributed by atoms with van der Waals surface area (Å²) in [6.07, 6.45) is 3.53. The minimum Gasteiger partial charge on any atom is -0.488 e. The van der Waals surface area contributed by atoms with Crippen LogP contribution in [0.1, 0.15) is 18.4 Å². The fraction of sp³-hybridized carbons (Fsp3) is 0.292. The molecule has 4 rings (SSSR count). The van der Waals surface area contributed by atoms with Crippen molar-refractivity contribution in [1.29, 1.82) is 0 Å². The van der Waals surface area contributed by atoms with Crippen molar-refractivity contribution >= 4 is 23.2 Å². The summed E-state index contributed by atoms with van der Waals surface area (Å²) >= 11 is 0. The number of aliphatic hydroxyl groups excluding tert-OH is 1. The van der Waals surface area contributed by atoms with Gasteiger partial charge in [-0.3, -0.25) is 4.79 Å². The maximum absolute atomic E-state index is 11.2. The third-order valence-electron chi connectivity index (χ3n) is 5.27. The van der Waals surface area contributed by atoms with Gasteiger partial charge in [-0.05, 0) is 42.0 Å². The molecule has 0 aliphatic carbocycles. The van der Waals surface area contributed by atoms with Crippen molar-refractivity contribution in [2.75, 3.05) is 30.9 Å². The zero-order valence-corrected chi connectivity index (χ0v) is 18.2. The smallest absolute Gasteiger partial charge is 0.245 e. The molecule has 2 aromatic carbocycles. The number of aliphatic hydroxyl groups is 1. The monoisotopic (exact) mass is 449 g/mol. The number of amides is 1. The average Bonchev–Trinajstić information content (AvgIpc) is 2.85. The molecule has 3 aromatic rings. The van der Waals surface area contributed by atoms with Gasteiger partial charge in [0.2, 0.25) is 11.9 Å². The number of anilines is 3. The highest BCUT2D eigenvalue weighted by Gasteiger charge is 2.17. The van der Waals surface area contributed by atoms with E-state index in [0.717, 1.165) is 35.3 Å². The fourth-order valence-electron chi connectivity index (χ4n) is 3.46. The molecule has 0 unspecified atom stereocenters. The number of rotatable bonds is 8. The van der Waals surface area contributed by atoms with Gasteiger partial charge < -0.3 is 30.9 Å². The first-order valence-corrected chi connectivity index (χ1v) is 10.8. The van der Waals surface area contributed by atoms with Crippen molar-refractivity contribution in [3.8, 4) is 17.0 Å². The first-order chi connectivity index (χ1) is 16.1. The van der Waals surface area contributed by atoms with Crippen LogP contribution in [0.4, 0.5) is 17.3 Å². The summed E-state index contributed by atoms with van der Waals surface area (Å²) in [5, 5.41) is 14.6. The Kier molecular flexibility index (Phi) is 7.33. The zero-order valence-electron chi connectivity index (χ0n) is 18.2. The summed E-state index contributed by atoms with van der Waals surface area (Å²) in [4.78, 5) is 20.1. The lowest BCUT2D eigenvalue weighted by Crippen LogP contribution is -2.26. The van der Waals surface area contributed by atoms with Gasteiger partial charge in [-0.1, -0.05) is 12.1 Å². The summed E-state index contributed by atoms with van der Waals surface area (Å²) < 4.78 is 11.4. The topological polar surface area (TPSA) is 132 Å². The van der Waals surface area contributed by atoms with Gasteiger partial charge in [0.1, 0.15) is 18.5 Å². The summed E-state index contributed by atoms with van der Waals surface area (Å²) in [5.74, 6) is 0.717. The van der Waals surface area contributed by atoms with Gasteiger partial charge in [0.15, 0.2) is 0 Å². The van der Waals surface area contributed by atoms with E-state index >= 15 is 0 Å². The second-order valence-electron chi connectivity index (χ2n) is 7.70. The van der Waals surface area contributed by atoms with Gasteiger partial charge in [-0.2, -0.15) is 0 Å². The lowest BCUT2D eigenvalue weighted by molar-refractivity contribution is -0.123. The Morgan fingerprint density at radius 2 is 1.94 bits per heavy atom. The van der Waals surface area contributed by atoms with Gasteiger partial charge in [0, 0.05) is 36.8 Å². The minimum atomic E-state index is -0.523. The first kappa shape index (κ1) is 22.5. The normalized spacial score (nSPS) is 14.0. The van der Waals surface area contributed by atoms with Gasteiger partial charge in [0.25, 0.3) is 0 Å². The molecule has 1 amide bonds. The highest BCUT2D eigenvalue weighted by Crippen LogP contribution is 2.30. The van der Waals surface area contributed by atoms with Gasteiger partial charge in [-0.15, -0.1) is 0 Å². The highest BCUT2D eigenvalue weighted by atomic mass is 16.5. The molecule has 0 saturated carbocycles. The third-order valence-corrected chi connectivity index (χ3v) is 5.27. The Morgan fingerprint density at radius 1 is 1.15 bits per heavy atom. The summed E-state index contributed by atoms with van der Waals surface area (Å²) in [7, 11) is 0. The van der Waals surface area contributed by atoms with Crippen LogP contribution in [0.15, 0.2) is 54.7 Å². The number of carbonyl (C=O) groups excluding carboxylic acids is 1. The molecule has 172 valence electrons. The molecular formula is C24H27N5O4. The van der Waals surface area contributed by atoms with Crippen LogP contribution < -0.4 is 21.1 Å². The maximum atomic E-state index is 11.2. The van der Waals surface area contributed by atoms with E-state index in [1.807, 2.05) is 48.5 Å². The zero-order chi connectivity index (χ0) is 23.0. The number of nitrogen functional groups attached to an aromatic ring is 1. The number of ether oxygens (including phenoxy) is 2. The minimum absolute atomic E-state index is 0.124. The lowest BCUT2D eigenvalue weighted by atomic mass is 10.1. The van der Waals surface area contributed by atoms with Crippen LogP contribution in [0.25, 0.3) is 11.3 Å². The molecule has 2 heterocycles. The Labute approximate surface area is 192 Å². The molecule has 9 heteroatoms. The van der Waals surface area contributed by atoms with Crippen molar-refractivity contribution < 1.29 is 19.4 Å². The van der Waals surface area contributed by atoms with Crippen molar-refractivity contribution in [1.82, 2.24) is 15.3 Å². The van der Waals surface area contributed by atoms with E-state index in [-0.39, 0.29) is 6.10 Å². The molecule has 5 N–H and O–H groups in total. The van der Waals surface area contributed by atoms with Gasteiger partial charge in [-0.25, -0.2) is 9.97 Å². The van der Waals surface area contributed by atoms with E-state index in [0.29, 0.717) is 37.1 Å². The van der Waals surface area contributed by atoms with Crippen LogP contribution in [-0.2, 0) is 16.1 Å². The van der Waals surface area contributed by atoms with E-state index in [1.165, 1.54) is 0 Å². The molecule has 1 aromatic heterocycles. The van der Waals surface area contributed by atoms with Gasteiger partial charge >= 0.3 is 0 Å². The lowest BCUT2D eigenvalue weighted by Gasteiger charge is -2.24. The van der Waals surface area contributed by atoms with E-state index in [4.69, 9.17) is 20.3 Å². The molecule has 0 bridgehead atoms. The van der Waals surface area contributed by atoms with Crippen LogP contribution in [0.3, 0.4) is 0 Å². The fourth-order valence-corrected chi connectivity index (χ4v) is 3.46. The number of benzene rings is 2. The Hall–Kier alpha value is -3.69. The molecule has 1 aliphatic rings. The molecule has 1 aliphatic heterocycles. The Balaban J connectivity index is 1.41. The van der Waals surface area contributed by atoms with Crippen molar-refractivity contribution in [3.05, 3.63) is 60.3 Å². The number of nitrogens with one attached hydrogen (secondary N) is 2. The quantitative estimate of drug-likeness (QED) is 0.386. The van der Waals surface area contributed by atoms with Crippen molar-refractivity contribution in [3.63, 3.8) is 0 Å². The van der Waals surface area contributed by atoms with Crippen LogP contribution >= 0.6 is 0 Å². The average molecular weight is 450 g/mol. The molecule has 0 spiro atoms. The number of hydrogen-bond acceptors (Lipinski definition) is 8. The second-order valence-corrected chi connectivity index (χ2v) is 7.70. The van der Waals surface area contributed by atoms with Crippen LogP contribution in [0.2, 0.25) is 0 Å².